The lowest BCUT2D eigenvalue weighted by molar-refractivity contribution is -0.144. The van der Waals surface area contributed by atoms with Crippen LogP contribution in [0.3, 0.4) is 0 Å². The summed E-state index contributed by atoms with van der Waals surface area (Å²) in [7, 11) is 1.56. The summed E-state index contributed by atoms with van der Waals surface area (Å²) >= 11 is 12.8. The molecule has 10 nitrogen and oxygen atoms in total. The molecule has 3 aromatic carbocycles. The number of aliphatic hydroxyl groups is 1. The van der Waals surface area contributed by atoms with Gasteiger partial charge in [-0.15, -0.1) is 0 Å². The molecule has 2 aliphatic heterocycles. The van der Waals surface area contributed by atoms with E-state index in [1.165, 1.54) is 6.07 Å². The molecule has 5 aliphatic rings. The topological polar surface area (TPSA) is 125 Å². The fraction of sp³-hybridized carbons (Fsp3) is 0.415. The Morgan fingerprint density at radius 2 is 1.66 bits per heavy atom. The molecule has 0 spiro atoms. The van der Waals surface area contributed by atoms with Crippen LogP contribution in [0.4, 0.5) is 5.69 Å². The van der Waals surface area contributed by atoms with Gasteiger partial charge >= 0.3 is 0 Å². The molecule has 3 aromatic rings. The van der Waals surface area contributed by atoms with E-state index in [4.69, 9.17) is 32.7 Å². The quantitative estimate of drug-likeness (QED) is 0.183. The van der Waals surface area contributed by atoms with Gasteiger partial charge in [0.15, 0.2) is 0 Å². The number of halogens is 2. The predicted octanol–water partition coefficient (Wildman–Crippen LogP) is 6.69. The zero-order chi connectivity index (χ0) is 37.0. The normalized spacial score (nSPS) is 28.4. The average Bonchev–Trinajstić information content (AvgIpc) is 3.56. The van der Waals surface area contributed by atoms with E-state index in [0.29, 0.717) is 39.8 Å². The molecule has 0 radical (unpaired) electrons. The minimum Gasteiger partial charge on any atom is -0.497 e. The van der Waals surface area contributed by atoms with Crippen LogP contribution in [0.25, 0.3) is 0 Å². The molecule has 4 amide bonds. The summed E-state index contributed by atoms with van der Waals surface area (Å²) < 4.78 is 11.6. The Hall–Kier alpha value is -4.38. The number of methoxy groups -OCH3 is 1. The lowest BCUT2D eigenvalue weighted by Gasteiger charge is -2.50. The minimum atomic E-state index is -1.52. The Morgan fingerprint density at radius 1 is 0.906 bits per heavy atom. The van der Waals surface area contributed by atoms with Gasteiger partial charge in [0.2, 0.25) is 11.8 Å². The number of amides is 4. The van der Waals surface area contributed by atoms with Gasteiger partial charge in [0.1, 0.15) is 18.1 Å². The summed E-state index contributed by atoms with van der Waals surface area (Å²) in [6.45, 7) is -0.222. The number of likely N-dealkylation sites (tertiary alicyclic amines) is 1. The third-order valence-corrected chi connectivity index (χ3v) is 12.7. The van der Waals surface area contributed by atoms with Crippen molar-refractivity contribution in [1.29, 1.82) is 0 Å². The van der Waals surface area contributed by atoms with Crippen molar-refractivity contribution >= 4 is 52.5 Å². The Morgan fingerprint density at radius 3 is 2.38 bits per heavy atom. The second-order valence-electron chi connectivity index (χ2n) is 14.7. The number of benzene rings is 3. The van der Waals surface area contributed by atoms with Gasteiger partial charge in [0, 0.05) is 22.5 Å². The molecule has 0 aromatic heterocycles. The van der Waals surface area contributed by atoms with E-state index < -0.39 is 46.8 Å². The molecule has 2 N–H and O–H groups in total. The molecule has 2 saturated carbocycles. The van der Waals surface area contributed by atoms with Crippen molar-refractivity contribution in [2.75, 3.05) is 25.7 Å². The van der Waals surface area contributed by atoms with Crippen LogP contribution in [0, 0.1) is 23.7 Å². The maximum atomic E-state index is 15.5. The van der Waals surface area contributed by atoms with Gasteiger partial charge in [-0.1, -0.05) is 84.4 Å². The van der Waals surface area contributed by atoms with Crippen molar-refractivity contribution in [1.82, 2.24) is 9.91 Å². The van der Waals surface area contributed by atoms with E-state index in [1.807, 2.05) is 36.4 Å². The SMILES string of the molecule is COc1ccc(C23C(=O)N(Nc4ccc(Cl)cc4Cl)C(=O)C2CC2C(=CCC4C(=O)N(C5CCCCC5)C(=O)C42)C3c2ccccc2OCCO)cc1. The molecular weight excluding hydrogens is 717 g/mol. The second-order valence-corrected chi connectivity index (χ2v) is 15.5. The molecule has 6 atom stereocenters. The van der Waals surface area contributed by atoms with E-state index >= 15 is 4.79 Å². The average molecular weight is 759 g/mol. The number of imide groups is 2. The molecule has 3 aliphatic carbocycles. The summed E-state index contributed by atoms with van der Waals surface area (Å²) in [6.07, 6.45) is 7.18. The third kappa shape index (κ3) is 5.63. The molecule has 53 heavy (non-hydrogen) atoms. The van der Waals surface area contributed by atoms with Crippen LogP contribution < -0.4 is 14.9 Å². The van der Waals surface area contributed by atoms with Crippen molar-refractivity contribution in [2.45, 2.75) is 62.3 Å². The van der Waals surface area contributed by atoms with Crippen molar-refractivity contribution in [3.63, 3.8) is 0 Å². The number of allylic oxidation sites excluding steroid dienone is 2. The highest BCUT2D eigenvalue weighted by Crippen LogP contribution is 2.65. The number of anilines is 1. The summed E-state index contributed by atoms with van der Waals surface area (Å²) in [5.74, 6) is -3.69. The summed E-state index contributed by atoms with van der Waals surface area (Å²) in [6, 6.07) is 19.2. The molecule has 6 unspecified atom stereocenters. The minimum absolute atomic E-state index is 0.00876. The van der Waals surface area contributed by atoms with E-state index in [-0.39, 0.29) is 42.5 Å². The van der Waals surface area contributed by atoms with Crippen LogP contribution in [0.15, 0.2) is 78.4 Å². The fourth-order valence-corrected chi connectivity index (χ4v) is 10.4. The van der Waals surface area contributed by atoms with Gasteiger partial charge in [-0.25, -0.2) is 0 Å². The fourth-order valence-electron chi connectivity index (χ4n) is 9.92. The number of rotatable bonds is 9. The molecule has 8 rings (SSSR count). The van der Waals surface area contributed by atoms with Crippen molar-refractivity contribution in [2.24, 2.45) is 23.7 Å². The lowest BCUT2D eigenvalue weighted by atomic mass is 9.49. The number of fused-ring (bicyclic) bond motifs is 4. The Kier molecular flexibility index (Phi) is 9.49. The van der Waals surface area contributed by atoms with E-state index in [9.17, 15) is 19.5 Å². The zero-order valence-corrected chi connectivity index (χ0v) is 30.8. The highest BCUT2D eigenvalue weighted by Gasteiger charge is 2.71. The van der Waals surface area contributed by atoms with E-state index in [2.05, 4.69) is 5.43 Å². The van der Waals surface area contributed by atoms with Crippen LogP contribution in [0.1, 0.15) is 62.0 Å². The Balaban J connectivity index is 1.33. The van der Waals surface area contributed by atoms with Gasteiger partial charge in [-0.3, -0.25) is 29.5 Å². The van der Waals surface area contributed by atoms with Gasteiger partial charge in [0.05, 0.1) is 47.6 Å². The Labute approximate surface area is 318 Å². The summed E-state index contributed by atoms with van der Waals surface area (Å²) in [5, 5.41) is 11.4. The number of aliphatic hydroxyl groups excluding tert-OH is 1. The first-order chi connectivity index (χ1) is 25.7. The van der Waals surface area contributed by atoms with Gasteiger partial charge < -0.3 is 14.6 Å². The third-order valence-electron chi connectivity index (χ3n) is 12.1. The van der Waals surface area contributed by atoms with Gasteiger partial charge in [-0.05, 0) is 73.6 Å². The molecule has 4 fully saturated rings. The van der Waals surface area contributed by atoms with Crippen molar-refractivity contribution in [3.05, 3.63) is 99.6 Å². The molecule has 2 heterocycles. The summed E-state index contributed by atoms with van der Waals surface area (Å²) in [4.78, 5) is 60.7. The standard InChI is InChI=1S/C41H41Cl2N3O7/c1-52-26-14-11-23(12-15-26)41-31(38(49)46(40(41)51)44-33-18-13-24(42)21-32(33)43)22-30-27(36(41)28-9-5-6-10-34(28)53-20-19-47)16-17-29-35(30)39(50)45(37(29)48)25-7-3-2-4-8-25/h5-6,9-16,18,21,25,29-31,35-36,44,47H,2-4,7-8,17,19-20,22H2,1H3. The highest BCUT2D eigenvalue weighted by molar-refractivity contribution is 6.36. The maximum absolute atomic E-state index is 15.5. The number of hydrazine groups is 1. The molecule has 12 heteroatoms. The lowest BCUT2D eigenvalue weighted by Crippen LogP contribution is -2.53. The number of hydrogen-bond donors (Lipinski definition) is 2. The number of nitrogens with one attached hydrogen (secondary N) is 1. The van der Waals surface area contributed by atoms with Crippen molar-refractivity contribution < 1.29 is 33.8 Å². The first kappa shape index (κ1) is 35.6. The van der Waals surface area contributed by atoms with E-state index in [1.54, 1.807) is 42.3 Å². The first-order valence-electron chi connectivity index (χ1n) is 18.3. The van der Waals surface area contributed by atoms with Gasteiger partial charge in [-0.2, -0.15) is 5.01 Å². The number of ether oxygens (including phenoxy) is 2. The maximum Gasteiger partial charge on any atom is 0.260 e. The van der Waals surface area contributed by atoms with Crippen molar-refractivity contribution in [3.8, 4) is 11.5 Å². The van der Waals surface area contributed by atoms with Crippen LogP contribution in [-0.4, -0.2) is 65.0 Å². The van der Waals surface area contributed by atoms with Crippen LogP contribution in [0.2, 0.25) is 10.0 Å². The smallest absolute Gasteiger partial charge is 0.260 e. The number of carbonyl (C=O) groups is 4. The molecule has 276 valence electrons. The van der Waals surface area contributed by atoms with Crippen LogP contribution >= 0.6 is 23.2 Å². The molecule has 2 saturated heterocycles. The van der Waals surface area contributed by atoms with Crippen LogP contribution in [-0.2, 0) is 24.6 Å². The molecule has 0 bridgehead atoms. The number of nitrogens with zero attached hydrogens (tertiary/aromatic N) is 2. The number of para-hydroxylation sites is 1. The Bertz CT molecular complexity index is 2000. The van der Waals surface area contributed by atoms with Gasteiger partial charge in [0.25, 0.3) is 11.8 Å². The largest absolute Gasteiger partial charge is 0.497 e. The van der Waals surface area contributed by atoms with E-state index in [0.717, 1.165) is 42.7 Å². The summed E-state index contributed by atoms with van der Waals surface area (Å²) in [5.41, 5.74) is 3.90. The monoisotopic (exact) mass is 757 g/mol. The second kappa shape index (κ2) is 14.1. The highest BCUT2D eigenvalue weighted by atomic mass is 35.5. The molecular formula is C41H41Cl2N3O7. The number of hydrogen-bond acceptors (Lipinski definition) is 8. The number of carbonyl (C=O) groups excluding carboxylic acids is 4. The van der Waals surface area contributed by atoms with Crippen LogP contribution in [0.5, 0.6) is 11.5 Å². The predicted molar refractivity (Wildman–Crippen MR) is 198 cm³/mol. The first-order valence-corrected chi connectivity index (χ1v) is 19.1. The zero-order valence-electron chi connectivity index (χ0n) is 29.3.